The third kappa shape index (κ3) is 1.05. The van der Waals surface area contributed by atoms with Crippen molar-refractivity contribution in [3.63, 3.8) is 0 Å². The molecule has 8 atom stereocenters. The van der Waals surface area contributed by atoms with Crippen LogP contribution in [0.15, 0.2) is 12.2 Å². The number of hydrogen-bond donors (Lipinski definition) is 1. The van der Waals surface area contributed by atoms with Crippen molar-refractivity contribution >= 4 is 5.91 Å². The Morgan fingerprint density at radius 2 is 1.82 bits per heavy atom. The summed E-state index contributed by atoms with van der Waals surface area (Å²) in [5, 5.41) is 0. The molecule has 0 radical (unpaired) electrons. The fourth-order valence-electron chi connectivity index (χ4n) is 6.14. The molecule has 92 valence electrons. The van der Waals surface area contributed by atoms with Crippen LogP contribution in [0.5, 0.6) is 0 Å². The topological polar surface area (TPSA) is 43.1 Å². The number of rotatable bonds is 2. The maximum absolute atomic E-state index is 11.8. The van der Waals surface area contributed by atoms with Crippen LogP contribution in [0.2, 0.25) is 0 Å². The van der Waals surface area contributed by atoms with Gasteiger partial charge in [0.1, 0.15) is 0 Å². The summed E-state index contributed by atoms with van der Waals surface area (Å²) in [6, 6.07) is 0. The zero-order chi connectivity index (χ0) is 11.7. The SMILES string of the molecule is CCC1C2CC(C1C(N)=O)C1C3C=CC(C3)C21. The minimum Gasteiger partial charge on any atom is -0.369 e. The van der Waals surface area contributed by atoms with Crippen molar-refractivity contribution in [3.8, 4) is 0 Å². The maximum atomic E-state index is 11.8. The van der Waals surface area contributed by atoms with Gasteiger partial charge in [0.25, 0.3) is 0 Å². The fraction of sp³-hybridized carbons (Fsp3) is 0.800. The molecule has 0 aromatic carbocycles. The molecule has 0 heterocycles. The van der Waals surface area contributed by atoms with E-state index >= 15 is 0 Å². The number of fused-ring (bicyclic) bond motifs is 9. The van der Waals surface area contributed by atoms with Gasteiger partial charge in [-0.3, -0.25) is 4.79 Å². The predicted octanol–water partition coefficient (Wildman–Crippen LogP) is 2.20. The van der Waals surface area contributed by atoms with E-state index in [0.29, 0.717) is 11.8 Å². The maximum Gasteiger partial charge on any atom is 0.221 e. The second-order valence-electron chi connectivity index (χ2n) is 6.67. The lowest BCUT2D eigenvalue weighted by atomic mass is 9.64. The summed E-state index contributed by atoms with van der Waals surface area (Å²) in [5.74, 6) is 5.49. The number of nitrogens with two attached hydrogens (primary N) is 1. The summed E-state index contributed by atoms with van der Waals surface area (Å²) in [7, 11) is 0. The van der Waals surface area contributed by atoms with Gasteiger partial charge < -0.3 is 5.73 Å². The summed E-state index contributed by atoms with van der Waals surface area (Å²) >= 11 is 0. The molecule has 0 aliphatic heterocycles. The molecule has 0 saturated heterocycles. The lowest BCUT2D eigenvalue weighted by molar-refractivity contribution is -0.127. The highest BCUT2D eigenvalue weighted by Crippen LogP contribution is 2.69. The smallest absolute Gasteiger partial charge is 0.221 e. The molecule has 4 rings (SSSR count). The van der Waals surface area contributed by atoms with Crippen molar-refractivity contribution in [2.75, 3.05) is 0 Å². The molecule has 3 fully saturated rings. The Balaban J connectivity index is 1.73. The molecular formula is C15H21NO. The molecule has 8 unspecified atom stereocenters. The quantitative estimate of drug-likeness (QED) is 0.574. The second kappa shape index (κ2) is 3.15. The minimum atomic E-state index is -0.0189. The molecule has 4 bridgehead atoms. The Morgan fingerprint density at radius 3 is 2.41 bits per heavy atom. The van der Waals surface area contributed by atoms with Gasteiger partial charge in [0.15, 0.2) is 0 Å². The average molecular weight is 231 g/mol. The molecule has 2 heteroatoms. The van der Waals surface area contributed by atoms with Crippen molar-refractivity contribution in [1.82, 2.24) is 0 Å². The van der Waals surface area contributed by atoms with Crippen molar-refractivity contribution < 1.29 is 4.79 Å². The van der Waals surface area contributed by atoms with Crippen LogP contribution in [0.25, 0.3) is 0 Å². The highest BCUT2D eigenvalue weighted by atomic mass is 16.1. The highest BCUT2D eigenvalue weighted by molar-refractivity contribution is 5.78. The van der Waals surface area contributed by atoms with Gasteiger partial charge in [0, 0.05) is 5.92 Å². The lowest BCUT2D eigenvalue weighted by Gasteiger charge is -2.40. The third-order valence-corrected chi connectivity index (χ3v) is 6.39. The van der Waals surface area contributed by atoms with Crippen molar-refractivity contribution in [3.05, 3.63) is 12.2 Å². The zero-order valence-corrected chi connectivity index (χ0v) is 10.4. The van der Waals surface area contributed by atoms with Crippen LogP contribution in [0.1, 0.15) is 26.2 Å². The Hall–Kier alpha value is -0.790. The summed E-state index contributed by atoms with van der Waals surface area (Å²) in [6.07, 6.45) is 8.67. The number of allylic oxidation sites excluding steroid dienone is 2. The summed E-state index contributed by atoms with van der Waals surface area (Å²) in [6.45, 7) is 2.24. The predicted molar refractivity (Wildman–Crippen MR) is 65.8 cm³/mol. The van der Waals surface area contributed by atoms with Crippen molar-refractivity contribution in [2.24, 2.45) is 53.1 Å². The number of carbonyl (C=O) groups excluding carboxylic acids is 1. The van der Waals surface area contributed by atoms with E-state index in [4.69, 9.17) is 5.73 Å². The van der Waals surface area contributed by atoms with Gasteiger partial charge >= 0.3 is 0 Å². The van der Waals surface area contributed by atoms with E-state index in [1.54, 1.807) is 0 Å². The van der Waals surface area contributed by atoms with Crippen LogP contribution in [-0.2, 0) is 4.79 Å². The summed E-state index contributed by atoms with van der Waals surface area (Å²) in [5.41, 5.74) is 5.67. The summed E-state index contributed by atoms with van der Waals surface area (Å²) < 4.78 is 0. The van der Waals surface area contributed by atoms with E-state index in [-0.39, 0.29) is 11.8 Å². The van der Waals surface area contributed by atoms with Gasteiger partial charge in [-0.15, -0.1) is 0 Å². The standard InChI is InChI=1S/C15H21NO/c1-2-9-10-6-11(14(9)15(16)17)13-8-4-3-7(5-8)12(10)13/h3-4,7-14H,2,5-6H2,1H3,(H2,16,17). The van der Waals surface area contributed by atoms with E-state index in [2.05, 4.69) is 19.1 Å². The Labute approximate surface area is 103 Å². The first-order valence-electron chi connectivity index (χ1n) is 7.20. The Bertz CT molecular complexity index is 402. The fourth-order valence-corrected chi connectivity index (χ4v) is 6.14. The van der Waals surface area contributed by atoms with Gasteiger partial charge in [-0.25, -0.2) is 0 Å². The molecule has 2 N–H and O–H groups in total. The van der Waals surface area contributed by atoms with E-state index < -0.39 is 0 Å². The van der Waals surface area contributed by atoms with Crippen LogP contribution in [-0.4, -0.2) is 5.91 Å². The molecular weight excluding hydrogens is 210 g/mol. The normalized spacial score (nSPS) is 57.7. The minimum absolute atomic E-state index is 0.0189. The Kier molecular flexibility index (Phi) is 1.88. The van der Waals surface area contributed by atoms with Gasteiger partial charge in [-0.05, 0) is 54.3 Å². The molecule has 2 nitrogen and oxygen atoms in total. The van der Waals surface area contributed by atoms with E-state index in [1.807, 2.05) is 0 Å². The molecule has 4 aliphatic rings. The van der Waals surface area contributed by atoms with Crippen molar-refractivity contribution in [1.29, 1.82) is 0 Å². The van der Waals surface area contributed by atoms with E-state index in [0.717, 1.165) is 36.0 Å². The number of primary amides is 1. The summed E-state index contributed by atoms with van der Waals surface area (Å²) in [4.78, 5) is 11.8. The molecule has 0 aromatic rings. The first kappa shape index (κ1) is 10.2. The Morgan fingerprint density at radius 1 is 1.18 bits per heavy atom. The molecule has 0 spiro atoms. The largest absolute Gasteiger partial charge is 0.369 e. The zero-order valence-electron chi connectivity index (χ0n) is 10.4. The molecule has 3 saturated carbocycles. The third-order valence-electron chi connectivity index (χ3n) is 6.39. The van der Waals surface area contributed by atoms with Crippen molar-refractivity contribution in [2.45, 2.75) is 26.2 Å². The highest BCUT2D eigenvalue weighted by Gasteiger charge is 2.65. The monoisotopic (exact) mass is 231 g/mol. The van der Waals surface area contributed by atoms with E-state index in [1.165, 1.54) is 12.8 Å². The first-order valence-corrected chi connectivity index (χ1v) is 7.20. The van der Waals surface area contributed by atoms with Gasteiger partial charge in [-0.1, -0.05) is 25.5 Å². The van der Waals surface area contributed by atoms with Crippen LogP contribution in [0.3, 0.4) is 0 Å². The average Bonchev–Trinajstić information content (AvgIpc) is 3.03. The van der Waals surface area contributed by atoms with Crippen LogP contribution in [0.4, 0.5) is 0 Å². The van der Waals surface area contributed by atoms with Gasteiger partial charge in [0.2, 0.25) is 5.91 Å². The first-order chi connectivity index (χ1) is 8.22. The van der Waals surface area contributed by atoms with Gasteiger partial charge in [-0.2, -0.15) is 0 Å². The van der Waals surface area contributed by atoms with Crippen LogP contribution >= 0.6 is 0 Å². The molecule has 1 amide bonds. The number of carbonyl (C=O) groups is 1. The van der Waals surface area contributed by atoms with Gasteiger partial charge in [0.05, 0.1) is 0 Å². The molecule has 4 aliphatic carbocycles. The van der Waals surface area contributed by atoms with Crippen LogP contribution < -0.4 is 5.73 Å². The lowest BCUT2D eigenvalue weighted by Crippen LogP contribution is -2.42. The number of hydrogen-bond acceptors (Lipinski definition) is 1. The second-order valence-corrected chi connectivity index (χ2v) is 6.67. The number of amides is 1. The molecule has 17 heavy (non-hydrogen) atoms. The molecule has 0 aromatic heterocycles. The van der Waals surface area contributed by atoms with E-state index in [9.17, 15) is 4.79 Å². The van der Waals surface area contributed by atoms with Crippen LogP contribution in [0, 0.1) is 47.3 Å².